The zero-order valence-electron chi connectivity index (χ0n) is 24.7. The van der Waals surface area contributed by atoms with Gasteiger partial charge < -0.3 is 20.3 Å². The number of anilines is 1. The molecule has 0 aliphatic carbocycles. The number of amides is 3. The molecule has 11 heteroatoms. The monoisotopic (exact) mass is 563 g/mol. The summed E-state index contributed by atoms with van der Waals surface area (Å²) in [6, 6.07) is 3.59. The molecule has 3 heterocycles. The molecule has 0 radical (unpaired) electrons. The van der Waals surface area contributed by atoms with Crippen LogP contribution in [0.25, 0.3) is 0 Å². The maximum atomic E-state index is 13.6. The highest BCUT2D eigenvalue weighted by atomic mass is 16.5. The summed E-state index contributed by atoms with van der Waals surface area (Å²) in [6.45, 7) is 8.64. The van der Waals surface area contributed by atoms with Gasteiger partial charge >= 0.3 is 6.03 Å². The van der Waals surface area contributed by atoms with E-state index in [0.29, 0.717) is 73.8 Å². The quantitative estimate of drug-likeness (QED) is 0.182. The molecule has 41 heavy (non-hydrogen) atoms. The van der Waals surface area contributed by atoms with E-state index in [2.05, 4.69) is 21.7 Å². The molecule has 1 aromatic heterocycles. The molecule has 0 aromatic carbocycles. The number of carbonyl (C=O) groups is 3. The standard InChI is InChI=1S/C30H41N7O4/c1-6-7-8-24(17-31)26(32-11-14-41-5)15-21(2)33-30(40)37-22(3)9-10-23-16-25(27(20-38)34-29(23)37)18-36-13-12-35(4)19-28(36)39/h7-8,15-16,20,22,32H,6,9-14,18-19H2,1-5H3,(H,33,40)/b8-7+,21-15+,26-24-. The highest BCUT2D eigenvalue weighted by Crippen LogP contribution is 2.31. The first kappa shape index (κ1) is 31.5. The predicted molar refractivity (Wildman–Crippen MR) is 157 cm³/mol. The zero-order valence-corrected chi connectivity index (χ0v) is 24.7. The van der Waals surface area contributed by atoms with Gasteiger partial charge in [0.1, 0.15) is 17.6 Å². The van der Waals surface area contributed by atoms with E-state index in [9.17, 15) is 19.6 Å². The second-order valence-electron chi connectivity index (χ2n) is 10.4. The Hall–Kier alpha value is -4.01. The van der Waals surface area contributed by atoms with Crippen molar-refractivity contribution < 1.29 is 19.1 Å². The van der Waals surface area contributed by atoms with Gasteiger partial charge in [-0.05, 0) is 63.9 Å². The zero-order chi connectivity index (χ0) is 29.9. The van der Waals surface area contributed by atoms with E-state index in [4.69, 9.17) is 4.74 Å². The van der Waals surface area contributed by atoms with Crippen LogP contribution in [0.3, 0.4) is 0 Å². The number of aldehydes is 1. The first-order chi connectivity index (χ1) is 19.7. The molecule has 2 aliphatic rings. The molecule has 0 saturated carbocycles. The Labute approximate surface area is 242 Å². The number of rotatable bonds is 11. The van der Waals surface area contributed by atoms with Crippen LogP contribution in [0.2, 0.25) is 0 Å². The molecule has 1 atom stereocenters. The van der Waals surface area contributed by atoms with Crippen LogP contribution in [-0.2, 0) is 22.5 Å². The lowest BCUT2D eigenvalue weighted by Gasteiger charge is -2.35. The molecular weight excluding hydrogens is 522 g/mol. The van der Waals surface area contributed by atoms with Crippen molar-refractivity contribution >= 4 is 24.0 Å². The van der Waals surface area contributed by atoms with Gasteiger partial charge in [0.15, 0.2) is 6.29 Å². The van der Waals surface area contributed by atoms with Crippen molar-refractivity contribution in [1.29, 1.82) is 5.26 Å². The van der Waals surface area contributed by atoms with Crippen LogP contribution in [-0.4, -0.2) is 86.0 Å². The number of urea groups is 1. The minimum absolute atomic E-state index is 0.0140. The number of hydrogen-bond donors (Lipinski definition) is 2. The third-order valence-corrected chi connectivity index (χ3v) is 7.11. The maximum absolute atomic E-state index is 13.6. The molecule has 11 nitrogen and oxygen atoms in total. The molecule has 2 N–H and O–H groups in total. The number of fused-ring (bicyclic) bond motifs is 1. The van der Waals surface area contributed by atoms with Crippen molar-refractivity contribution in [2.45, 2.75) is 52.6 Å². The van der Waals surface area contributed by atoms with Crippen LogP contribution in [0.4, 0.5) is 10.6 Å². The Kier molecular flexibility index (Phi) is 11.6. The minimum Gasteiger partial charge on any atom is -0.383 e. The molecule has 0 spiro atoms. The van der Waals surface area contributed by atoms with Crippen molar-refractivity contribution in [2.24, 2.45) is 0 Å². The molecule has 1 fully saturated rings. The number of piperazine rings is 1. The van der Waals surface area contributed by atoms with Crippen molar-refractivity contribution in [3.05, 3.63) is 58.1 Å². The van der Waals surface area contributed by atoms with E-state index in [0.717, 1.165) is 24.9 Å². The summed E-state index contributed by atoms with van der Waals surface area (Å²) in [4.78, 5) is 48.1. The minimum atomic E-state index is -0.377. The van der Waals surface area contributed by atoms with Gasteiger partial charge in [0.2, 0.25) is 5.91 Å². The van der Waals surface area contributed by atoms with Crippen LogP contribution in [0.5, 0.6) is 0 Å². The van der Waals surface area contributed by atoms with Crippen molar-refractivity contribution in [3.63, 3.8) is 0 Å². The average Bonchev–Trinajstić information content (AvgIpc) is 2.94. The molecule has 1 unspecified atom stereocenters. The fraction of sp³-hybridized carbons (Fsp3) is 0.500. The van der Waals surface area contributed by atoms with E-state index in [-0.39, 0.29) is 23.7 Å². The molecule has 1 aromatic rings. The van der Waals surface area contributed by atoms with Gasteiger partial charge in [0.25, 0.3) is 0 Å². The number of ether oxygens (including phenoxy) is 1. The molecule has 1 saturated heterocycles. The largest absolute Gasteiger partial charge is 0.383 e. The Morgan fingerprint density at radius 3 is 2.78 bits per heavy atom. The number of carbonyl (C=O) groups excluding carboxylic acids is 3. The number of aryl methyl sites for hydroxylation is 1. The second kappa shape index (κ2) is 15.1. The Bertz CT molecular complexity index is 1260. The lowest BCUT2D eigenvalue weighted by Crippen LogP contribution is -2.49. The smallest absolute Gasteiger partial charge is 0.327 e. The van der Waals surface area contributed by atoms with Gasteiger partial charge in [0.05, 0.1) is 24.4 Å². The molecular formula is C30H41N7O4. The van der Waals surface area contributed by atoms with Crippen molar-refractivity contribution in [3.8, 4) is 6.07 Å². The van der Waals surface area contributed by atoms with Gasteiger partial charge in [-0.3, -0.25) is 19.4 Å². The van der Waals surface area contributed by atoms with Crippen LogP contribution in [0.15, 0.2) is 41.3 Å². The van der Waals surface area contributed by atoms with Gasteiger partial charge in [0, 0.05) is 50.6 Å². The van der Waals surface area contributed by atoms with Crippen molar-refractivity contribution in [1.82, 2.24) is 25.4 Å². The summed E-state index contributed by atoms with van der Waals surface area (Å²) >= 11 is 0. The number of hydrogen-bond acceptors (Lipinski definition) is 8. The number of aromatic nitrogens is 1. The molecule has 3 rings (SSSR count). The topological polar surface area (TPSA) is 131 Å². The van der Waals surface area contributed by atoms with Gasteiger partial charge in [-0.2, -0.15) is 5.26 Å². The van der Waals surface area contributed by atoms with E-state index in [1.807, 2.05) is 37.9 Å². The third kappa shape index (κ3) is 8.25. The highest BCUT2D eigenvalue weighted by Gasteiger charge is 2.32. The van der Waals surface area contributed by atoms with E-state index in [1.165, 1.54) is 0 Å². The van der Waals surface area contributed by atoms with Crippen LogP contribution in [0.1, 0.15) is 55.2 Å². The lowest BCUT2D eigenvalue weighted by atomic mass is 9.97. The Morgan fingerprint density at radius 1 is 1.34 bits per heavy atom. The van der Waals surface area contributed by atoms with Crippen molar-refractivity contribution in [2.75, 3.05) is 51.8 Å². The van der Waals surface area contributed by atoms with Crippen LogP contribution < -0.4 is 15.5 Å². The molecule has 3 amide bonds. The SMILES string of the molecule is CC/C=C/C(C#N)=C(\C=C(/C)NC(=O)N1c2nc(C=O)c(CN3CCN(C)CC3=O)cc2CCC1C)NCCOC. The Balaban J connectivity index is 1.87. The summed E-state index contributed by atoms with van der Waals surface area (Å²) in [6.07, 6.45) is 8.27. The predicted octanol–water partition coefficient (Wildman–Crippen LogP) is 2.90. The van der Waals surface area contributed by atoms with Gasteiger partial charge in [-0.15, -0.1) is 0 Å². The fourth-order valence-electron chi connectivity index (χ4n) is 4.84. The normalized spacial score (nSPS) is 18.6. The second-order valence-corrected chi connectivity index (χ2v) is 10.4. The summed E-state index contributed by atoms with van der Waals surface area (Å²) in [5.41, 5.74) is 3.32. The molecule has 2 aliphatic heterocycles. The number of nitrogens with one attached hydrogen (secondary N) is 2. The van der Waals surface area contributed by atoms with E-state index in [1.54, 1.807) is 36.0 Å². The number of pyridine rings is 1. The molecule has 0 bridgehead atoms. The summed E-state index contributed by atoms with van der Waals surface area (Å²) in [5, 5.41) is 15.8. The average molecular weight is 564 g/mol. The summed E-state index contributed by atoms with van der Waals surface area (Å²) in [7, 11) is 3.51. The summed E-state index contributed by atoms with van der Waals surface area (Å²) < 4.78 is 5.12. The third-order valence-electron chi connectivity index (χ3n) is 7.11. The number of methoxy groups -OCH3 is 1. The van der Waals surface area contributed by atoms with Gasteiger partial charge in [-0.25, -0.2) is 9.78 Å². The van der Waals surface area contributed by atoms with E-state index >= 15 is 0 Å². The van der Waals surface area contributed by atoms with Gasteiger partial charge in [-0.1, -0.05) is 13.0 Å². The number of likely N-dealkylation sites (N-methyl/N-ethyl adjacent to an activating group) is 1. The lowest BCUT2D eigenvalue weighted by molar-refractivity contribution is -0.136. The molecule has 220 valence electrons. The Morgan fingerprint density at radius 2 is 2.12 bits per heavy atom. The number of allylic oxidation sites excluding steroid dienone is 5. The number of nitrogens with zero attached hydrogens (tertiary/aromatic N) is 5. The first-order valence-corrected chi connectivity index (χ1v) is 14.0. The van der Waals surface area contributed by atoms with Crippen LogP contribution >= 0.6 is 0 Å². The first-order valence-electron chi connectivity index (χ1n) is 14.0. The highest BCUT2D eigenvalue weighted by molar-refractivity contribution is 5.94. The summed E-state index contributed by atoms with van der Waals surface area (Å²) in [5.74, 6) is 0.460. The maximum Gasteiger partial charge on any atom is 0.327 e. The fourth-order valence-corrected chi connectivity index (χ4v) is 4.84. The van der Waals surface area contributed by atoms with E-state index < -0.39 is 0 Å². The van der Waals surface area contributed by atoms with Crippen LogP contribution in [0, 0.1) is 11.3 Å². The number of nitriles is 1.